The molecular weight excluding hydrogens is 244 g/mol. The summed E-state index contributed by atoms with van der Waals surface area (Å²) in [5, 5.41) is 9.05. The molecule has 0 spiro atoms. The zero-order valence-corrected chi connectivity index (χ0v) is 11.8. The van der Waals surface area contributed by atoms with Crippen LogP contribution in [0.3, 0.4) is 0 Å². The summed E-state index contributed by atoms with van der Waals surface area (Å²) in [5.41, 5.74) is -0.688. The van der Waals surface area contributed by atoms with Gasteiger partial charge >= 0.3 is 5.97 Å². The van der Waals surface area contributed by atoms with Gasteiger partial charge in [-0.3, -0.25) is 4.79 Å². The summed E-state index contributed by atoms with van der Waals surface area (Å²) in [6.07, 6.45) is 0. The summed E-state index contributed by atoms with van der Waals surface area (Å²) in [5.74, 6) is -1.17. The molecule has 0 aromatic carbocycles. The van der Waals surface area contributed by atoms with Gasteiger partial charge in [0.1, 0.15) is 6.04 Å². The van der Waals surface area contributed by atoms with Crippen molar-refractivity contribution in [2.75, 3.05) is 13.1 Å². The van der Waals surface area contributed by atoms with Crippen LogP contribution < -0.4 is 4.72 Å². The number of rotatable bonds is 6. The van der Waals surface area contributed by atoms with Crippen LogP contribution in [0.4, 0.5) is 0 Å². The first-order chi connectivity index (χ1) is 7.56. The minimum atomic E-state index is -3.75. The third-order valence-corrected chi connectivity index (χ3v) is 4.15. The van der Waals surface area contributed by atoms with E-state index in [2.05, 4.69) is 4.72 Å². The average Bonchev–Trinajstić information content (AvgIpc) is 2.13. The van der Waals surface area contributed by atoms with E-state index in [1.807, 2.05) is 0 Å². The third-order valence-electron chi connectivity index (χ3n) is 2.43. The van der Waals surface area contributed by atoms with Crippen molar-refractivity contribution < 1.29 is 18.3 Å². The molecule has 0 aromatic heterocycles. The van der Waals surface area contributed by atoms with Crippen LogP contribution in [0, 0.1) is 5.41 Å². The molecule has 6 nitrogen and oxygen atoms in total. The largest absolute Gasteiger partial charge is 0.480 e. The molecule has 0 rings (SSSR count). The zero-order chi connectivity index (χ0) is 13.9. The molecule has 0 aliphatic rings. The van der Waals surface area contributed by atoms with Gasteiger partial charge in [0.05, 0.1) is 0 Å². The molecule has 0 fully saturated rings. The van der Waals surface area contributed by atoms with Crippen molar-refractivity contribution >= 4 is 16.2 Å². The predicted octanol–water partition coefficient (Wildman–Crippen LogP) is 0.662. The lowest BCUT2D eigenvalue weighted by atomic mass is 9.88. The van der Waals surface area contributed by atoms with Gasteiger partial charge in [-0.05, 0) is 5.41 Å². The number of carboxylic acids is 1. The van der Waals surface area contributed by atoms with Crippen LogP contribution in [0.15, 0.2) is 0 Å². The standard InChI is InChI=1S/C10H22N2O4S/c1-6-12(7-2)17(15,16)11-8(9(13)14)10(3,4)5/h8,11H,6-7H2,1-5H3,(H,13,14)/t8-/m1/s1. The van der Waals surface area contributed by atoms with Crippen LogP contribution in [0.25, 0.3) is 0 Å². The maximum atomic E-state index is 11.9. The Morgan fingerprint density at radius 3 is 1.94 bits per heavy atom. The van der Waals surface area contributed by atoms with Gasteiger partial charge in [-0.1, -0.05) is 34.6 Å². The second kappa shape index (κ2) is 5.79. The van der Waals surface area contributed by atoms with Crippen LogP contribution in [0.5, 0.6) is 0 Å². The van der Waals surface area contributed by atoms with Gasteiger partial charge in [0.25, 0.3) is 10.2 Å². The predicted molar refractivity (Wildman–Crippen MR) is 65.9 cm³/mol. The maximum Gasteiger partial charge on any atom is 0.322 e. The van der Waals surface area contributed by atoms with Gasteiger partial charge in [-0.25, -0.2) is 0 Å². The van der Waals surface area contributed by atoms with E-state index in [4.69, 9.17) is 5.11 Å². The van der Waals surface area contributed by atoms with Gasteiger partial charge in [0, 0.05) is 13.1 Å². The van der Waals surface area contributed by atoms with E-state index in [1.54, 1.807) is 34.6 Å². The van der Waals surface area contributed by atoms with Gasteiger partial charge < -0.3 is 5.11 Å². The Kier molecular flexibility index (Phi) is 5.57. The molecule has 0 radical (unpaired) electrons. The molecule has 0 saturated carbocycles. The summed E-state index contributed by atoms with van der Waals surface area (Å²) >= 11 is 0. The molecule has 1 atom stereocenters. The minimum absolute atomic E-state index is 0.308. The second-order valence-electron chi connectivity index (χ2n) is 4.84. The fraction of sp³-hybridized carbons (Fsp3) is 0.900. The lowest BCUT2D eigenvalue weighted by molar-refractivity contribution is -0.141. The van der Waals surface area contributed by atoms with E-state index in [1.165, 1.54) is 4.31 Å². The van der Waals surface area contributed by atoms with Crippen LogP contribution >= 0.6 is 0 Å². The highest BCUT2D eigenvalue weighted by molar-refractivity contribution is 7.87. The highest BCUT2D eigenvalue weighted by Crippen LogP contribution is 2.20. The number of hydrogen-bond acceptors (Lipinski definition) is 3. The molecule has 7 heteroatoms. The summed E-state index contributed by atoms with van der Waals surface area (Å²) in [6.45, 7) is 9.05. The van der Waals surface area contributed by atoms with Crippen LogP contribution in [0.1, 0.15) is 34.6 Å². The zero-order valence-electron chi connectivity index (χ0n) is 11.0. The molecule has 17 heavy (non-hydrogen) atoms. The van der Waals surface area contributed by atoms with E-state index in [0.29, 0.717) is 13.1 Å². The number of aliphatic carboxylic acids is 1. The third kappa shape index (κ3) is 4.61. The lowest BCUT2D eigenvalue weighted by Gasteiger charge is -2.30. The molecule has 0 amide bonds. The van der Waals surface area contributed by atoms with Crippen molar-refractivity contribution in [1.82, 2.24) is 9.03 Å². The van der Waals surface area contributed by atoms with E-state index in [-0.39, 0.29) is 0 Å². The van der Waals surface area contributed by atoms with Gasteiger partial charge in [-0.2, -0.15) is 17.4 Å². The Bertz CT molecular complexity index is 355. The van der Waals surface area contributed by atoms with Crippen LogP contribution in [0.2, 0.25) is 0 Å². The molecule has 0 aromatic rings. The summed E-state index contributed by atoms with van der Waals surface area (Å²) in [4.78, 5) is 11.1. The second-order valence-corrected chi connectivity index (χ2v) is 6.55. The van der Waals surface area contributed by atoms with Gasteiger partial charge in [0.2, 0.25) is 0 Å². The first-order valence-electron chi connectivity index (χ1n) is 5.56. The molecule has 0 saturated heterocycles. The first kappa shape index (κ1) is 16.3. The summed E-state index contributed by atoms with van der Waals surface area (Å²) in [6, 6.07) is -1.15. The molecular formula is C10H22N2O4S. The van der Waals surface area contributed by atoms with Crippen molar-refractivity contribution in [2.45, 2.75) is 40.7 Å². The Morgan fingerprint density at radius 2 is 1.71 bits per heavy atom. The fourth-order valence-corrected chi connectivity index (χ4v) is 2.97. The van der Waals surface area contributed by atoms with Gasteiger partial charge in [-0.15, -0.1) is 0 Å². The Balaban J connectivity index is 5.08. The molecule has 0 aliphatic heterocycles. The van der Waals surface area contributed by atoms with E-state index >= 15 is 0 Å². The highest BCUT2D eigenvalue weighted by atomic mass is 32.2. The maximum absolute atomic E-state index is 11.9. The number of carboxylic acid groups (broad SMARTS) is 1. The van der Waals surface area contributed by atoms with E-state index in [0.717, 1.165) is 0 Å². The Hall–Kier alpha value is -0.660. The summed E-state index contributed by atoms with van der Waals surface area (Å²) < 4.78 is 27.2. The van der Waals surface area contributed by atoms with E-state index in [9.17, 15) is 13.2 Å². The van der Waals surface area contributed by atoms with Gasteiger partial charge in [0.15, 0.2) is 0 Å². The minimum Gasteiger partial charge on any atom is -0.480 e. The first-order valence-corrected chi connectivity index (χ1v) is 7.00. The Morgan fingerprint density at radius 1 is 1.29 bits per heavy atom. The molecule has 0 unspecified atom stereocenters. The van der Waals surface area contributed by atoms with Crippen LogP contribution in [-0.4, -0.2) is 42.9 Å². The van der Waals surface area contributed by atoms with Crippen molar-refractivity contribution in [3.8, 4) is 0 Å². The Labute approximate surface area is 103 Å². The highest BCUT2D eigenvalue weighted by Gasteiger charge is 2.36. The normalized spacial score (nSPS) is 14.9. The number of carbonyl (C=O) groups is 1. The molecule has 0 bridgehead atoms. The number of hydrogen-bond donors (Lipinski definition) is 2. The topological polar surface area (TPSA) is 86.7 Å². The SMILES string of the molecule is CCN(CC)S(=O)(=O)N[C@H](C(=O)O)C(C)(C)C. The summed E-state index contributed by atoms with van der Waals surface area (Å²) in [7, 11) is -3.75. The van der Waals surface area contributed by atoms with Crippen LogP contribution in [-0.2, 0) is 15.0 Å². The van der Waals surface area contributed by atoms with Crippen molar-refractivity contribution in [1.29, 1.82) is 0 Å². The molecule has 0 aliphatic carbocycles. The average molecular weight is 266 g/mol. The lowest BCUT2D eigenvalue weighted by Crippen LogP contribution is -2.53. The van der Waals surface area contributed by atoms with Crippen molar-refractivity contribution in [3.05, 3.63) is 0 Å². The molecule has 102 valence electrons. The van der Waals surface area contributed by atoms with Crippen molar-refractivity contribution in [2.24, 2.45) is 5.41 Å². The number of nitrogens with zero attached hydrogens (tertiary/aromatic N) is 1. The smallest absolute Gasteiger partial charge is 0.322 e. The number of nitrogens with one attached hydrogen (secondary N) is 1. The monoisotopic (exact) mass is 266 g/mol. The van der Waals surface area contributed by atoms with E-state index < -0.39 is 27.6 Å². The quantitative estimate of drug-likeness (QED) is 0.739. The fourth-order valence-electron chi connectivity index (χ4n) is 1.38. The molecule has 2 N–H and O–H groups in total. The van der Waals surface area contributed by atoms with Crippen molar-refractivity contribution in [3.63, 3.8) is 0 Å². The molecule has 0 heterocycles.